The lowest BCUT2D eigenvalue weighted by molar-refractivity contribution is -0.149. The van der Waals surface area contributed by atoms with Crippen LogP contribution in [0, 0.1) is 5.92 Å². The fourth-order valence-corrected chi connectivity index (χ4v) is 17.2. The zero-order chi connectivity index (χ0) is 96.3. The Morgan fingerprint density at radius 3 is 1.70 bits per heavy atom. The van der Waals surface area contributed by atoms with E-state index in [-0.39, 0.29) is 81.7 Å². The number of unbranched alkanes of at least 4 members (excludes halogenated alkanes) is 2. The van der Waals surface area contributed by atoms with Crippen molar-refractivity contribution in [2.75, 3.05) is 58.8 Å². The van der Waals surface area contributed by atoms with E-state index in [1.54, 1.807) is 74.8 Å². The fraction of sp³-hybridized carbons (Fsp3) is 0.517. The van der Waals surface area contributed by atoms with E-state index >= 15 is 33.6 Å². The van der Waals surface area contributed by atoms with Gasteiger partial charge in [-0.3, -0.25) is 86.3 Å². The molecule has 714 valence electrons. The summed E-state index contributed by atoms with van der Waals surface area (Å²) in [7, 11) is 3.98. The molecule has 132 heavy (non-hydrogen) atoms. The number of carbonyl (C=O) groups is 18. The number of hydrogen-bond donors (Lipinski definition) is 18. The molecule has 0 radical (unpaired) electrons. The van der Waals surface area contributed by atoms with Crippen molar-refractivity contribution in [1.82, 2.24) is 97.6 Å². The van der Waals surface area contributed by atoms with Crippen molar-refractivity contribution >= 4 is 140 Å². The van der Waals surface area contributed by atoms with Crippen LogP contribution in [0.15, 0.2) is 97.7 Å². The predicted molar refractivity (Wildman–Crippen MR) is 483 cm³/mol. The number of nitrogens with one attached hydrogen (secondary N) is 13. The number of rotatable bonds is 24. The Bertz CT molecular complexity index is 5140. The van der Waals surface area contributed by atoms with Gasteiger partial charge >= 0.3 is 0 Å². The van der Waals surface area contributed by atoms with Gasteiger partial charge in [0.15, 0.2) is 0 Å². The molecule has 42 nitrogen and oxygen atoms in total. The lowest BCUT2D eigenvalue weighted by Gasteiger charge is -2.36. The van der Waals surface area contributed by atoms with Crippen LogP contribution in [0.4, 0.5) is 0 Å². The Labute approximate surface area is 766 Å². The average molecular weight is 1850 g/mol. The topological polar surface area (TPSA) is 623 Å². The quantitative estimate of drug-likeness (QED) is 0.0303. The summed E-state index contributed by atoms with van der Waals surface area (Å²) in [6.07, 6.45) is 3.06. The van der Waals surface area contributed by atoms with Gasteiger partial charge in [-0.25, -0.2) is 4.98 Å². The minimum Gasteiger partial charge on any atom is -0.508 e. The first-order valence-electron chi connectivity index (χ1n) is 44.2. The number of benzene rings is 3. The smallest absolute Gasteiger partial charge is 0.246 e. The average Bonchev–Trinajstić information content (AvgIpc) is 1.54. The molecule has 3 aliphatic heterocycles. The number of aromatic amines is 3. The molecular weight excluding hydrogens is 1730 g/mol. The molecule has 14 atom stereocenters. The van der Waals surface area contributed by atoms with E-state index in [9.17, 15) is 63.0 Å². The molecule has 3 aromatic carbocycles. The second-order valence-electron chi connectivity index (χ2n) is 34.0. The molecule has 21 N–H and O–H groups in total. The van der Waals surface area contributed by atoms with E-state index in [0.29, 0.717) is 64.2 Å². The summed E-state index contributed by atoms with van der Waals surface area (Å²) < 4.78 is 0. The zero-order valence-corrected chi connectivity index (χ0v) is 76.0. The van der Waals surface area contributed by atoms with Gasteiger partial charge in [0.05, 0.1) is 43.4 Å². The largest absolute Gasteiger partial charge is 0.508 e. The summed E-state index contributed by atoms with van der Waals surface area (Å²) in [5, 5.41) is 49.3. The molecule has 9 rings (SSSR count). The number of phenols is 1. The third-order valence-corrected chi connectivity index (χ3v) is 24.7. The maximum absolute atomic E-state index is 15.6. The second kappa shape index (κ2) is 48.4. The molecule has 6 heterocycles. The van der Waals surface area contributed by atoms with Crippen molar-refractivity contribution in [3.8, 4) is 5.75 Å². The molecule has 43 heteroatoms. The molecule has 6 aromatic rings. The summed E-state index contributed by atoms with van der Waals surface area (Å²) in [6.45, 7) is 6.32. The molecule has 0 unspecified atom stereocenters. The molecule has 0 saturated carbocycles. The SMILES string of the molecule is CCCC[C@H]1C(=O)N(C)[C@@H](CCCC)C(=O)N[C@@H](CC(C)C)C(=O)N[C@H](C(=O)NCC(N)=O)CSCC(=O)N[C@@H](Cc2ccc(O)cc2)C(=O)N(C)[C@@H](C)C(=O)N[C@@H](CC(N)=O)C(=O)N2CCC[C@H]2C(=O)N[C@@H](Cc2c[nH]cn2)C(=O)N[C@@H](CCC(N)=O)C(=O)N2C[C@H](O)C[C@H]2C(=O)N[C@@H](Cc2c[nH]c3ccccc23)C(=O)NCC(=O)N[C@@H](Cc2c[nH]c3ccccc23)C(=O)N1C. The lowest BCUT2D eigenvalue weighted by Crippen LogP contribution is -2.60. The summed E-state index contributed by atoms with van der Waals surface area (Å²) in [5.41, 5.74) is 19.8. The summed E-state index contributed by atoms with van der Waals surface area (Å²) >= 11 is 0.793. The van der Waals surface area contributed by atoms with Crippen LogP contribution in [0.1, 0.15) is 140 Å². The molecule has 3 fully saturated rings. The molecule has 3 aliphatic rings. The Kier molecular flexibility index (Phi) is 37.5. The van der Waals surface area contributed by atoms with Crippen molar-refractivity contribution in [1.29, 1.82) is 0 Å². The Morgan fingerprint density at radius 1 is 0.545 bits per heavy atom. The number of H-pyrrole nitrogens is 3. The first kappa shape index (κ1) is 102. The number of thioether (sulfide) groups is 1. The van der Waals surface area contributed by atoms with Crippen LogP contribution in [0.5, 0.6) is 5.75 Å². The predicted octanol–water partition coefficient (Wildman–Crippen LogP) is -2.29. The highest BCUT2D eigenvalue weighted by Gasteiger charge is 2.46. The number of carbonyl (C=O) groups excluding carboxylic acids is 18. The summed E-state index contributed by atoms with van der Waals surface area (Å²) in [4.78, 5) is 280. The zero-order valence-electron chi connectivity index (χ0n) is 75.2. The van der Waals surface area contributed by atoms with Crippen LogP contribution in [0.2, 0.25) is 0 Å². The Hall–Kier alpha value is -13.5. The third kappa shape index (κ3) is 28.3. The first-order valence-corrected chi connectivity index (χ1v) is 45.3. The van der Waals surface area contributed by atoms with E-state index in [0.717, 1.165) is 26.5 Å². The van der Waals surface area contributed by atoms with Crippen LogP contribution in [-0.4, -0.2) is 304 Å². The number of imidazole rings is 1. The van der Waals surface area contributed by atoms with Gasteiger partial charge in [-0.05, 0) is 92.3 Å². The van der Waals surface area contributed by atoms with Crippen LogP contribution >= 0.6 is 11.8 Å². The molecule has 18 amide bonds. The number of hydrogen-bond acceptors (Lipinski definition) is 22. The number of fused-ring (bicyclic) bond motifs is 4. The molecule has 3 saturated heterocycles. The van der Waals surface area contributed by atoms with E-state index in [4.69, 9.17) is 17.2 Å². The fourth-order valence-electron chi connectivity index (χ4n) is 16.3. The molecule has 3 aromatic heterocycles. The molecule has 0 bridgehead atoms. The Balaban J connectivity index is 1.08. The highest BCUT2D eigenvalue weighted by Crippen LogP contribution is 2.28. The van der Waals surface area contributed by atoms with Crippen LogP contribution < -0.4 is 70.4 Å². The number of para-hydroxylation sites is 2. The van der Waals surface area contributed by atoms with E-state index in [2.05, 4.69) is 73.1 Å². The minimum absolute atomic E-state index is 0.0418. The Morgan fingerprint density at radius 2 is 1.10 bits per heavy atom. The van der Waals surface area contributed by atoms with Crippen LogP contribution in [0.25, 0.3) is 21.8 Å². The normalized spacial score (nSPS) is 24.5. The van der Waals surface area contributed by atoms with Gasteiger partial charge in [0.2, 0.25) is 106 Å². The van der Waals surface area contributed by atoms with Crippen molar-refractivity contribution in [2.45, 2.75) is 228 Å². The highest BCUT2D eigenvalue weighted by atomic mass is 32.2. The number of aliphatic hydroxyl groups excluding tert-OH is 1. The molecule has 0 aliphatic carbocycles. The number of amides is 18. The number of primary amides is 3. The summed E-state index contributed by atoms with van der Waals surface area (Å²) in [5.74, 6) is -18.1. The molecule has 0 spiro atoms. The molecular formula is C89H122N22O20S. The van der Waals surface area contributed by atoms with Crippen LogP contribution in [-0.2, 0) is 112 Å². The van der Waals surface area contributed by atoms with E-state index in [1.165, 1.54) is 74.7 Å². The van der Waals surface area contributed by atoms with Gasteiger partial charge in [0.25, 0.3) is 0 Å². The van der Waals surface area contributed by atoms with Crippen LogP contribution in [0.3, 0.4) is 0 Å². The minimum atomic E-state index is -1.80. The van der Waals surface area contributed by atoms with Crippen molar-refractivity contribution in [3.05, 3.63) is 120 Å². The van der Waals surface area contributed by atoms with Gasteiger partial charge in [-0.2, -0.15) is 0 Å². The number of likely N-dealkylation sites (N-methyl/N-ethyl adjacent to an activating group) is 3. The van der Waals surface area contributed by atoms with Crippen molar-refractivity contribution in [2.24, 2.45) is 23.1 Å². The first-order chi connectivity index (χ1) is 62.8. The number of aromatic hydroxyl groups is 1. The van der Waals surface area contributed by atoms with Gasteiger partial charge in [0.1, 0.15) is 84.3 Å². The van der Waals surface area contributed by atoms with E-state index in [1.807, 2.05) is 13.8 Å². The number of nitrogens with two attached hydrogens (primary N) is 3. The van der Waals surface area contributed by atoms with Gasteiger partial charge in [0, 0.05) is 119 Å². The monoisotopic (exact) mass is 1850 g/mol. The maximum atomic E-state index is 15.6. The third-order valence-electron chi connectivity index (χ3n) is 23.6. The van der Waals surface area contributed by atoms with Gasteiger partial charge in [-0.1, -0.05) is 102 Å². The summed E-state index contributed by atoms with van der Waals surface area (Å²) in [6, 6.07) is -0.113. The van der Waals surface area contributed by atoms with Gasteiger partial charge < -0.3 is 120 Å². The second-order valence-corrected chi connectivity index (χ2v) is 35.0. The van der Waals surface area contributed by atoms with E-state index < -0.39 is 248 Å². The maximum Gasteiger partial charge on any atom is 0.246 e. The number of nitrogens with zero attached hydrogens (tertiary/aromatic N) is 6. The van der Waals surface area contributed by atoms with Crippen molar-refractivity contribution < 1.29 is 96.5 Å². The highest BCUT2D eigenvalue weighted by molar-refractivity contribution is 8.00. The standard InChI is InChI=1S/C89H122N22O20S/c1-9-11-22-68-82(124)102-61(32-48(3)4)80(122)106-67(79(121)96-42-74(92)116)45-132-46-76(118)100-64(33-50-25-27-54(112)28-26-50)85(127)107(6)49(5)77(119)105-66(38-73(91)115)88(130)110-31-17-24-69(110)83(125)104-63(36-53-41-93-47-98-53)81(123)101-60(29-30-72(90)114)87(129)111-44-55(113)37-71(111)84(126)103-62(34-51-39-94-58-20-15-13-18-56(51)58)78(120)97-43-75(117)99-65(35-52-40-95-59-21-16-14-19-57(52)59)86(128)109(8)70(23-12-10-2)89(131)108(68)7/h13-16,18-21,25-28,39-41,47-49,55,60-71,94-95,112-113H,9-12,17,22-24,29-38,42-46H2,1-8H3,(H2,90,114)(H2,91,115)(H2,92,116)(H,93,98)(H,96,121)(H,97,120)(H,99,117)(H,100,118)(H,101,123)(H,102,124)(H,103,126)(H,104,125)(H,105,119)(H,106,122)/t49-,55+,60-,61-,62-,63-,64-,65-,66-,67-,68-,69-,70-,71-/m0/s1. The number of phenolic OH excluding ortho intramolecular Hbond substituents is 1. The lowest BCUT2D eigenvalue weighted by atomic mass is 9.99. The van der Waals surface area contributed by atoms with Crippen molar-refractivity contribution in [3.63, 3.8) is 0 Å². The number of aliphatic hydroxyl groups is 1. The van der Waals surface area contributed by atoms with Gasteiger partial charge in [-0.15, -0.1) is 11.8 Å². The number of aromatic nitrogens is 4.